The molecule has 0 aromatic heterocycles. The second kappa shape index (κ2) is 5.73. The molecule has 0 saturated carbocycles. The average Bonchev–Trinajstić information content (AvgIpc) is 2.89. The highest BCUT2D eigenvalue weighted by Crippen LogP contribution is 2.26. The SMILES string of the molecule is COc1ccc(C(=O)NCC2CCOC2)cc1O. The van der Waals surface area contributed by atoms with E-state index in [9.17, 15) is 9.90 Å². The summed E-state index contributed by atoms with van der Waals surface area (Å²) in [5.41, 5.74) is 0.423. The van der Waals surface area contributed by atoms with Gasteiger partial charge in [-0.25, -0.2) is 0 Å². The number of ether oxygens (including phenoxy) is 2. The Bertz CT molecular complexity index is 427. The number of phenolic OH excluding ortho intramolecular Hbond substituents is 1. The molecule has 18 heavy (non-hydrogen) atoms. The molecule has 2 rings (SSSR count). The first kappa shape index (κ1) is 12.7. The van der Waals surface area contributed by atoms with E-state index >= 15 is 0 Å². The van der Waals surface area contributed by atoms with Crippen LogP contribution in [-0.2, 0) is 4.74 Å². The first-order chi connectivity index (χ1) is 8.70. The number of rotatable bonds is 4. The molecule has 1 saturated heterocycles. The monoisotopic (exact) mass is 251 g/mol. The van der Waals surface area contributed by atoms with Crippen LogP contribution in [-0.4, -0.2) is 37.9 Å². The minimum atomic E-state index is -0.195. The van der Waals surface area contributed by atoms with Gasteiger partial charge in [0.2, 0.25) is 0 Å². The molecule has 1 aliphatic rings. The number of phenols is 1. The number of nitrogens with one attached hydrogen (secondary N) is 1. The van der Waals surface area contributed by atoms with E-state index in [1.54, 1.807) is 12.1 Å². The van der Waals surface area contributed by atoms with Crippen molar-refractivity contribution in [3.8, 4) is 11.5 Å². The molecule has 1 heterocycles. The van der Waals surface area contributed by atoms with Crippen molar-refractivity contribution in [3.05, 3.63) is 23.8 Å². The lowest BCUT2D eigenvalue weighted by Crippen LogP contribution is -2.29. The molecule has 1 unspecified atom stereocenters. The highest BCUT2D eigenvalue weighted by Gasteiger charge is 2.17. The molecule has 0 bridgehead atoms. The maximum atomic E-state index is 11.8. The van der Waals surface area contributed by atoms with Crippen LogP contribution >= 0.6 is 0 Å². The number of methoxy groups -OCH3 is 1. The summed E-state index contributed by atoms with van der Waals surface area (Å²) in [5.74, 6) is 0.519. The normalized spacial score (nSPS) is 18.6. The number of hydrogen-bond acceptors (Lipinski definition) is 4. The van der Waals surface area contributed by atoms with Gasteiger partial charge >= 0.3 is 0 Å². The third kappa shape index (κ3) is 2.92. The molecule has 1 fully saturated rings. The Morgan fingerprint density at radius 2 is 2.44 bits per heavy atom. The predicted octanol–water partition coefficient (Wildman–Crippen LogP) is 1.17. The van der Waals surface area contributed by atoms with Crippen LogP contribution in [0.2, 0.25) is 0 Å². The molecule has 2 N–H and O–H groups in total. The van der Waals surface area contributed by atoms with Crippen LogP contribution in [0.15, 0.2) is 18.2 Å². The first-order valence-corrected chi connectivity index (χ1v) is 5.93. The van der Waals surface area contributed by atoms with Crippen LogP contribution in [0, 0.1) is 5.92 Å². The molecule has 98 valence electrons. The molecule has 5 nitrogen and oxygen atoms in total. The largest absolute Gasteiger partial charge is 0.504 e. The standard InChI is InChI=1S/C13H17NO4/c1-17-12-3-2-10(6-11(12)15)13(16)14-7-9-4-5-18-8-9/h2-3,6,9,15H,4-5,7-8H2,1H3,(H,14,16). The fraction of sp³-hybridized carbons (Fsp3) is 0.462. The molecule has 1 atom stereocenters. The first-order valence-electron chi connectivity index (χ1n) is 5.93. The van der Waals surface area contributed by atoms with Crippen molar-refractivity contribution >= 4 is 5.91 Å². The lowest BCUT2D eigenvalue weighted by molar-refractivity contribution is 0.0944. The zero-order valence-corrected chi connectivity index (χ0v) is 10.3. The predicted molar refractivity (Wildman–Crippen MR) is 65.9 cm³/mol. The van der Waals surface area contributed by atoms with Crippen molar-refractivity contribution in [1.29, 1.82) is 0 Å². The summed E-state index contributed by atoms with van der Waals surface area (Å²) < 4.78 is 10.2. The zero-order chi connectivity index (χ0) is 13.0. The fourth-order valence-electron chi connectivity index (χ4n) is 1.91. The minimum Gasteiger partial charge on any atom is -0.504 e. The second-order valence-electron chi connectivity index (χ2n) is 4.33. The minimum absolute atomic E-state index is 0.0330. The molecule has 1 aromatic rings. The van der Waals surface area contributed by atoms with Gasteiger partial charge in [0.05, 0.1) is 13.7 Å². The summed E-state index contributed by atoms with van der Waals surface area (Å²) in [6.07, 6.45) is 0.980. The van der Waals surface area contributed by atoms with Gasteiger partial charge < -0.3 is 19.9 Å². The summed E-state index contributed by atoms with van der Waals surface area (Å²) in [4.78, 5) is 11.8. The highest BCUT2D eigenvalue weighted by molar-refractivity contribution is 5.94. The van der Waals surface area contributed by atoms with E-state index in [1.165, 1.54) is 13.2 Å². The molecule has 1 aliphatic heterocycles. The Labute approximate surface area is 106 Å². The van der Waals surface area contributed by atoms with E-state index in [2.05, 4.69) is 5.32 Å². The van der Waals surface area contributed by atoms with Gasteiger partial charge in [0.25, 0.3) is 5.91 Å². The molecule has 1 amide bonds. The molecular formula is C13H17NO4. The number of aromatic hydroxyl groups is 1. The zero-order valence-electron chi connectivity index (χ0n) is 10.3. The van der Waals surface area contributed by atoms with Gasteiger partial charge in [-0.15, -0.1) is 0 Å². The average molecular weight is 251 g/mol. The molecule has 0 spiro atoms. The second-order valence-corrected chi connectivity index (χ2v) is 4.33. The Kier molecular flexibility index (Phi) is 4.04. The van der Waals surface area contributed by atoms with Crippen LogP contribution in [0.5, 0.6) is 11.5 Å². The lowest BCUT2D eigenvalue weighted by atomic mass is 10.1. The summed E-state index contributed by atoms with van der Waals surface area (Å²) in [5, 5.41) is 12.4. The number of hydrogen-bond donors (Lipinski definition) is 2. The van der Waals surface area contributed by atoms with Gasteiger partial charge in [0.15, 0.2) is 11.5 Å². The van der Waals surface area contributed by atoms with Crippen LogP contribution in [0.1, 0.15) is 16.8 Å². The van der Waals surface area contributed by atoms with Crippen molar-refractivity contribution < 1.29 is 19.4 Å². The molecule has 1 aromatic carbocycles. The Morgan fingerprint density at radius 1 is 1.61 bits per heavy atom. The molecule has 5 heteroatoms. The summed E-state index contributed by atoms with van der Waals surface area (Å²) in [7, 11) is 1.47. The van der Waals surface area contributed by atoms with E-state index in [0.29, 0.717) is 30.4 Å². The van der Waals surface area contributed by atoms with Crippen molar-refractivity contribution in [2.24, 2.45) is 5.92 Å². The van der Waals surface area contributed by atoms with E-state index in [1.807, 2.05) is 0 Å². The Balaban J connectivity index is 1.93. The third-order valence-corrected chi connectivity index (χ3v) is 3.02. The smallest absolute Gasteiger partial charge is 0.251 e. The third-order valence-electron chi connectivity index (χ3n) is 3.02. The van der Waals surface area contributed by atoms with E-state index in [-0.39, 0.29) is 11.7 Å². The van der Waals surface area contributed by atoms with E-state index in [0.717, 1.165) is 13.0 Å². The number of carbonyl (C=O) groups is 1. The van der Waals surface area contributed by atoms with Crippen LogP contribution in [0.3, 0.4) is 0 Å². The number of amides is 1. The van der Waals surface area contributed by atoms with Gasteiger partial charge in [-0.2, -0.15) is 0 Å². The summed E-state index contributed by atoms with van der Waals surface area (Å²) in [6, 6.07) is 4.60. The van der Waals surface area contributed by atoms with E-state index < -0.39 is 0 Å². The lowest BCUT2D eigenvalue weighted by Gasteiger charge is -2.10. The molecular weight excluding hydrogens is 234 g/mol. The topological polar surface area (TPSA) is 67.8 Å². The summed E-state index contributed by atoms with van der Waals surface area (Å²) >= 11 is 0. The van der Waals surface area contributed by atoms with Crippen LogP contribution < -0.4 is 10.1 Å². The number of carbonyl (C=O) groups excluding carboxylic acids is 1. The van der Waals surface area contributed by atoms with Crippen molar-refractivity contribution in [3.63, 3.8) is 0 Å². The van der Waals surface area contributed by atoms with Crippen LogP contribution in [0.25, 0.3) is 0 Å². The van der Waals surface area contributed by atoms with Crippen molar-refractivity contribution in [1.82, 2.24) is 5.32 Å². The van der Waals surface area contributed by atoms with Crippen molar-refractivity contribution in [2.45, 2.75) is 6.42 Å². The van der Waals surface area contributed by atoms with Gasteiger partial charge in [-0.05, 0) is 24.6 Å². The molecule has 0 aliphatic carbocycles. The van der Waals surface area contributed by atoms with Gasteiger partial charge in [-0.1, -0.05) is 0 Å². The summed E-state index contributed by atoms with van der Waals surface area (Å²) in [6.45, 7) is 2.07. The Morgan fingerprint density at radius 3 is 3.06 bits per heavy atom. The van der Waals surface area contributed by atoms with Gasteiger partial charge in [-0.3, -0.25) is 4.79 Å². The quantitative estimate of drug-likeness (QED) is 0.842. The maximum Gasteiger partial charge on any atom is 0.251 e. The maximum absolute atomic E-state index is 11.8. The van der Waals surface area contributed by atoms with Crippen molar-refractivity contribution in [2.75, 3.05) is 26.9 Å². The highest BCUT2D eigenvalue weighted by atomic mass is 16.5. The number of benzene rings is 1. The van der Waals surface area contributed by atoms with Gasteiger partial charge in [0.1, 0.15) is 0 Å². The fourth-order valence-corrected chi connectivity index (χ4v) is 1.91. The van der Waals surface area contributed by atoms with Gasteiger partial charge in [0, 0.05) is 24.6 Å². The molecule has 0 radical (unpaired) electrons. The van der Waals surface area contributed by atoms with Crippen LogP contribution in [0.4, 0.5) is 0 Å². The Hall–Kier alpha value is -1.75. The van der Waals surface area contributed by atoms with E-state index in [4.69, 9.17) is 9.47 Å².